The van der Waals surface area contributed by atoms with Gasteiger partial charge >= 0.3 is 0 Å². The fraction of sp³-hybridized carbons (Fsp3) is 0.0476. The van der Waals surface area contributed by atoms with Crippen molar-refractivity contribution in [3.05, 3.63) is 95.6 Å². The average molecular weight is 393 g/mol. The Bertz CT molecular complexity index is 988. The van der Waals surface area contributed by atoms with Gasteiger partial charge in [-0.2, -0.15) is 0 Å². The van der Waals surface area contributed by atoms with Gasteiger partial charge in [0, 0.05) is 22.5 Å². The molecule has 0 spiro atoms. The van der Waals surface area contributed by atoms with Crippen LogP contribution in [0, 0.1) is 6.92 Å². The van der Waals surface area contributed by atoms with Crippen molar-refractivity contribution in [2.45, 2.75) is 6.92 Å². The second-order valence-electron chi connectivity index (χ2n) is 6.07. The van der Waals surface area contributed by atoms with E-state index in [4.69, 9.17) is 0 Å². The van der Waals surface area contributed by atoms with Crippen molar-refractivity contribution in [3.8, 4) is 0 Å². The van der Waals surface area contributed by atoms with Gasteiger partial charge in [0.05, 0.1) is 0 Å². The molecule has 0 heterocycles. The van der Waals surface area contributed by atoms with Gasteiger partial charge in [0.15, 0.2) is 0 Å². The number of carbonyl (C=O) groups excluding carboxylic acids is 2. The van der Waals surface area contributed by atoms with Crippen LogP contribution in [0.2, 0.25) is 0 Å². The minimum atomic E-state index is -1.79. The Kier molecular flexibility index (Phi) is 6.18. The highest BCUT2D eigenvalue weighted by Gasteiger charge is 2.09. The summed E-state index contributed by atoms with van der Waals surface area (Å²) in [6.45, 7) is 1.92. The number of benzene rings is 3. The van der Waals surface area contributed by atoms with Crippen LogP contribution in [0.3, 0.4) is 0 Å². The molecule has 0 bridgehead atoms. The number of carbonyl (C=O) groups is 2. The van der Waals surface area contributed by atoms with Crippen LogP contribution in [0.25, 0.3) is 0 Å². The Morgan fingerprint density at radius 2 is 1.29 bits per heavy atom. The molecule has 0 saturated carbocycles. The van der Waals surface area contributed by atoms with Gasteiger partial charge in [0.25, 0.3) is 11.8 Å². The molecule has 7 heteroatoms. The zero-order valence-corrected chi connectivity index (χ0v) is 16.0. The molecule has 142 valence electrons. The lowest BCUT2D eigenvalue weighted by Crippen LogP contribution is -2.29. The Labute approximate surface area is 165 Å². The lowest BCUT2D eigenvalue weighted by molar-refractivity contribution is 0.0981. The molecule has 3 N–H and O–H groups in total. The van der Waals surface area contributed by atoms with E-state index in [1.807, 2.05) is 25.1 Å². The number of amides is 2. The fourth-order valence-electron chi connectivity index (χ4n) is 2.40. The molecule has 0 saturated heterocycles. The van der Waals surface area contributed by atoms with Crippen LogP contribution < -0.4 is 14.8 Å². The highest BCUT2D eigenvalue weighted by atomic mass is 32.2. The Balaban J connectivity index is 1.55. The molecule has 3 aromatic carbocycles. The molecule has 0 radical (unpaired) electrons. The van der Waals surface area contributed by atoms with Gasteiger partial charge in [-0.25, -0.2) is 4.21 Å². The quantitative estimate of drug-likeness (QED) is 0.597. The summed E-state index contributed by atoms with van der Waals surface area (Å²) in [6.07, 6.45) is 0. The molecule has 2 amide bonds. The highest BCUT2D eigenvalue weighted by molar-refractivity contribution is 7.85. The maximum Gasteiger partial charge on any atom is 0.264 e. The maximum absolute atomic E-state index is 12.1. The van der Waals surface area contributed by atoms with Crippen molar-refractivity contribution >= 4 is 34.4 Å². The summed E-state index contributed by atoms with van der Waals surface area (Å²) in [5.41, 5.74) is 3.17. The first kappa shape index (κ1) is 19.3. The van der Waals surface area contributed by atoms with E-state index in [-0.39, 0.29) is 5.91 Å². The van der Waals surface area contributed by atoms with E-state index in [1.165, 1.54) is 0 Å². The summed E-state index contributed by atoms with van der Waals surface area (Å²) in [5.74, 6) is -0.646. The molecule has 0 aliphatic carbocycles. The first-order chi connectivity index (χ1) is 13.5. The molecule has 0 aliphatic rings. The van der Waals surface area contributed by atoms with Crippen LogP contribution in [0.15, 0.2) is 78.9 Å². The van der Waals surface area contributed by atoms with Crippen LogP contribution in [0.4, 0.5) is 11.4 Å². The van der Waals surface area contributed by atoms with E-state index < -0.39 is 17.1 Å². The van der Waals surface area contributed by atoms with Crippen LogP contribution >= 0.6 is 0 Å². The topological polar surface area (TPSA) is 87.3 Å². The standard InChI is InChI=1S/C21H19N3O3S/c1-15-7-9-17(10-8-15)21(26)24-28(27)23-19-13-11-18(12-14-19)22-20(25)16-5-3-2-4-6-16/h2-14,23H,1H3,(H,22,25)(H,24,26). The second-order valence-corrected chi connectivity index (χ2v) is 7.01. The number of anilines is 2. The lowest BCUT2D eigenvalue weighted by atomic mass is 10.1. The molecular formula is C21H19N3O3S. The molecule has 28 heavy (non-hydrogen) atoms. The summed E-state index contributed by atoms with van der Waals surface area (Å²) >= 11 is -1.79. The lowest BCUT2D eigenvalue weighted by Gasteiger charge is -2.09. The summed E-state index contributed by atoms with van der Waals surface area (Å²) in [6, 6.07) is 22.5. The van der Waals surface area contributed by atoms with Crippen LogP contribution in [0.5, 0.6) is 0 Å². The van der Waals surface area contributed by atoms with E-state index in [2.05, 4.69) is 14.8 Å². The largest absolute Gasteiger partial charge is 0.322 e. The molecule has 1 atom stereocenters. The number of hydrogen-bond donors (Lipinski definition) is 3. The van der Waals surface area contributed by atoms with Gasteiger partial charge in [-0.3, -0.25) is 19.0 Å². The molecular weight excluding hydrogens is 374 g/mol. The smallest absolute Gasteiger partial charge is 0.264 e. The third-order valence-corrected chi connectivity index (χ3v) is 4.68. The SMILES string of the molecule is Cc1ccc(C(=O)NS(=O)Nc2ccc(NC(=O)c3ccccc3)cc2)cc1. The molecule has 1 unspecified atom stereocenters. The minimum Gasteiger partial charge on any atom is -0.322 e. The number of hydrogen-bond acceptors (Lipinski definition) is 3. The second kappa shape index (κ2) is 8.96. The van der Waals surface area contributed by atoms with Crippen LogP contribution in [0.1, 0.15) is 26.3 Å². The van der Waals surface area contributed by atoms with E-state index in [0.29, 0.717) is 22.5 Å². The first-order valence-corrected chi connectivity index (χ1v) is 9.69. The Morgan fingerprint density at radius 1 is 0.714 bits per heavy atom. The van der Waals surface area contributed by atoms with Crippen molar-refractivity contribution in [2.24, 2.45) is 0 Å². The molecule has 0 aliphatic heterocycles. The predicted molar refractivity (Wildman–Crippen MR) is 111 cm³/mol. The highest BCUT2D eigenvalue weighted by Crippen LogP contribution is 2.15. The third kappa shape index (κ3) is 5.28. The third-order valence-electron chi connectivity index (χ3n) is 3.89. The van der Waals surface area contributed by atoms with E-state index >= 15 is 0 Å². The van der Waals surface area contributed by atoms with Gasteiger partial charge in [-0.1, -0.05) is 35.9 Å². The monoisotopic (exact) mass is 393 g/mol. The summed E-state index contributed by atoms with van der Waals surface area (Å²) in [7, 11) is 0. The maximum atomic E-state index is 12.1. The van der Waals surface area contributed by atoms with Gasteiger partial charge < -0.3 is 5.32 Å². The Morgan fingerprint density at radius 3 is 1.93 bits per heavy atom. The van der Waals surface area contributed by atoms with Crippen molar-refractivity contribution in [1.29, 1.82) is 0 Å². The number of aryl methyl sites for hydroxylation is 1. The van der Waals surface area contributed by atoms with E-state index in [1.54, 1.807) is 60.7 Å². The summed E-state index contributed by atoms with van der Waals surface area (Å²) < 4.78 is 17.2. The van der Waals surface area contributed by atoms with Gasteiger partial charge in [0.2, 0.25) is 11.2 Å². The zero-order valence-electron chi connectivity index (χ0n) is 15.1. The minimum absolute atomic E-state index is 0.213. The van der Waals surface area contributed by atoms with Gasteiger partial charge in [-0.15, -0.1) is 0 Å². The van der Waals surface area contributed by atoms with Gasteiger partial charge in [0.1, 0.15) is 0 Å². The number of nitrogens with one attached hydrogen (secondary N) is 3. The summed E-state index contributed by atoms with van der Waals surface area (Å²) in [5, 5.41) is 2.78. The fourth-order valence-corrected chi connectivity index (χ4v) is 3.08. The van der Waals surface area contributed by atoms with E-state index in [0.717, 1.165) is 5.56 Å². The van der Waals surface area contributed by atoms with Crippen molar-refractivity contribution in [3.63, 3.8) is 0 Å². The predicted octanol–water partition coefficient (Wildman–Crippen LogP) is 3.67. The molecule has 3 rings (SSSR count). The molecule has 6 nitrogen and oxygen atoms in total. The molecule has 0 aromatic heterocycles. The Hall–Kier alpha value is -3.45. The summed E-state index contributed by atoms with van der Waals surface area (Å²) in [4.78, 5) is 24.2. The number of rotatable bonds is 6. The normalized spacial score (nSPS) is 11.3. The van der Waals surface area contributed by atoms with Crippen LogP contribution in [-0.2, 0) is 11.2 Å². The molecule has 3 aromatic rings. The van der Waals surface area contributed by atoms with Crippen molar-refractivity contribution in [1.82, 2.24) is 4.72 Å². The van der Waals surface area contributed by atoms with Crippen LogP contribution in [-0.4, -0.2) is 16.0 Å². The first-order valence-electron chi connectivity index (χ1n) is 8.54. The molecule has 0 fully saturated rings. The van der Waals surface area contributed by atoms with Crippen molar-refractivity contribution < 1.29 is 13.8 Å². The van der Waals surface area contributed by atoms with Gasteiger partial charge in [-0.05, 0) is 55.5 Å². The average Bonchev–Trinajstić information content (AvgIpc) is 2.70. The van der Waals surface area contributed by atoms with E-state index in [9.17, 15) is 13.8 Å². The van der Waals surface area contributed by atoms with Crippen molar-refractivity contribution in [2.75, 3.05) is 10.0 Å². The zero-order chi connectivity index (χ0) is 19.9.